The zero-order chi connectivity index (χ0) is 14.7. The highest BCUT2D eigenvalue weighted by Gasteiger charge is 2.27. The summed E-state index contributed by atoms with van der Waals surface area (Å²) in [7, 11) is 0. The molecule has 0 aliphatic carbocycles. The normalized spacial score (nSPS) is 17.8. The van der Waals surface area contributed by atoms with Gasteiger partial charge in [0.25, 0.3) is 0 Å². The van der Waals surface area contributed by atoms with Crippen molar-refractivity contribution in [3.63, 3.8) is 0 Å². The molecule has 1 heterocycles. The van der Waals surface area contributed by atoms with Gasteiger partial charge in [-0.2, -0.15) is 0 Å². The predicted molar refractivity (Wildman–Crippen MR) is 77.2 cm³/mol. The summed E-state index contributed by atoms with van der Waals surface area (Å²) in [4.78, 5) is 23.2. The lowest BCUT2D eigenvalue weighted by atomic mass is 10.1. The molecule has 1 aromatic carbocycles. The van der Waals surface area contributed by atoms with Crippen LogP contribution in [-0.4, -0.2) is 24.5 Å². The number of anilines is 1. The quantitative estimate of drug-likeness (QED) is 0.895. The van der Waals surface area contributed by atoms with Gasteiger partial charge < -0.3 is 15.4 Å². The minimum atomic E-state index is -0.466. The van der Waals surface area contributed by atoms with E-state index < -0.39 is 6.04 Å². The van der Waals surface area contributed by atoms with Crippen LogP contribution in [0.4, 0.5) is 5.69 Å². The molecule has 0 saturated carbocycles. The molecule has 1 aliphatic rings. The van der Waals surface area contributed by atoms with Gasteiger partial charge in [-0.15, -0.1) is 0 Å². The number of amides is 2. The summed E-state index contributed by atoms with van der Waals surface area (Å²) in [6, 6.07) is 2.98. The van der Waals surface area contributed by atoms with Crippen LogP contribution in [0.15, 0.2) is 12.1 Å². The van der Waals surface area contributed by atoms with Crippen molar-refractivity contribution in [2.24, 2.45) is 0 Å². The summed E-state index contributed by atoms with van der Waals surface area (Å²) < 4.78 is 5.39. The van der Waals surface area contributed by atoms with E-state index in [4.69, 9.17) is 16.3 Å². The molecule has 20 heavy (non-hydrogen) atoms. The van der Waals surface area contributed by atoms with Gasteiger partial charge in [0.05, 0.1) is 11.6 Å². The van der Waals surface area contributed by atoms with Gasteiger partial charge in [0, 0.05) is 12.1 Å². The zero-order valence-electron chi connectivity index (χ0n) is 11.5. The highest BCUT2D eigenvalue weighted by atomic mass is 35.5. The first-order chi connectivity index (χ1) is 9.51. The molecular weight excluding hydrogens is 280 g/mol. The van der Waals surface area contributed by atoms with Crippen molar-refractivity contribution >= 4 is 29.1 Å². The van der Waals surface area contributed by atoms with E-state index in [0.717, 1.165) is 5.56 Å². The first kappa shape index (κ1) is 14.7. The molecule has 1 fully saturated rings. The van der Waals surface area contributed by atoms with Crippen molar-refractivity contribution in [2.75, 3.05) is 11.9 Å². The molecule has 2 amide bonds. The average molecular weight is 297 g/mol. The van der Waals surface area contributed by atoms with Crippen LogP contribution in [0.3, 0.4) is 0 Å². The molecule has 0 radical (unpaired) electrons. The lowest BCUT2D eigenvalue weighted by molar-refractivity contribution is -0.122. The second-order valence-electron chi connectivity index (χ2n) is 4.68. The van der Waals surface area contributed by atoms with Gasteiger partial charge >= 0.3 is 0 Å². The van der Waals surface area contributed by atoms with Crippen LogP contribution in [0, 0.1) is 6.92 Å². The SMILES string of the molecule is CCOc1cc(C)c(NC(=O)C2CCC(=O)N2)cc1Cl. The number of hydrogen-bond donors (Lipinski definition) is 2. The number of halogens is 1. The summed E-state index contributed by atoms with van der Waals surface area (Å²) in [5.74, 6) is 0.282. The molecule has 2 N–H and O–H groups in total. The van der Waals surface area contributed by atoms with Gasteiger partial charge in [-0.05, 0) is 38.0 Å². The lowest BCUT2D eigenvalue weighted by Crippen LogP contribution is -2.37. The standard InChI is InChI=1S/C14H17ClN2O3/c1-3-20-12-6-8(2)11(7-9(12)15)17-14(19)10-4-5-13(18)16-10/h6-7,10H,3-5H2,1-2H3,(H,16,18)(H,17,19). The Morgan fingerprint density at radius 2 is 2.30 bits per heavy atom. The van der Waals surface area contributed by atoms with E-state index >= 15 is 0 Å². The molecule has 5 nitrogen and oxygen atoms in total. The van der Waals surface area contributed by atoms with Gasteiger partial charge in [-0.25, -0.2) is 0 Å². The van der Waals surface area contributed by atoms with E-state index in [-0.39, 0.29) is 11.8 Å². The summed E-state index contributed by atoms with van der Waals surface area (Å²) in [5.41, 5.74) is 1.49. The average Bonchev–Trinajstić information content (AvgIpc) is 2.82. The number of hydrogen-bond acceptors (Lipinski definition) is 3. The first-order valence-electron chi connectivity index (χ1n) is 6.54. The largest absolute Gasteiger partial charge is 0.492 e. The summed E-state index contributed by atoms with van der Waals surface area (Å²) >= 11 is 6.10. The van der Waals surface area contributed by atoms with E-state index in [1.807, 2.05) is 13.8 Å². The third kappa shape index (κ3) is 3.22. The fraction of sp³-hybridized carbons (Fsp3) is 0.429. The Bertz CT molecular complexity index is 545. The Kier molecular flexibility index (Phi) is 4.49. The van der Waals surface area contributed by atoms with Crippen LogP contribution in [0.2, 0.25) is 5.02 Å². The highest BCUT2D eigenvalue weighted by molar-refractivity contribution is 6.32. The van der Waals surface area contributed by atoms with Crippen molar-refractivity contribution in [3.8, 4) is 5.75 Å². The topological polar surface area (TPSA) is 67.4 Å². The molecule has 1 aromatic rings. The second kappa shape index (κ2) is 6.13. The molecule has 0 spiro atoms. The Morgan fingerprint density at radius 3 is 2.90 bits per heavy atom. The fourth-order valence-electron chi connectivity index (χ4n) is 2.09. The third-order valence-corrected chi connectivity index (χ3v) is 3.44. The number of benzene rings is 1. The third-order valence-electron chi connectivity index (χ3n) is 3.15. The molecule has 0 aromatic heterocycles. The second-order valence-corrected chi connectivity index (χ2v) is 5.09. The maximum absolute atomic E-state index is 12.0. The Morgan fingerprint density at radius 1 is 1.55 bits per heavy atom. The molecule has 2 rings (SSSR count). The van der Waals surface area contributed by atoms with Crippen LogP contribution in [0.1, 0.15) is 25.3 Å². The highest BCUT2D eigenvalue weighted by Crippen LogP contribution is 2.31. The Balaban J connectivity index is 2.11. The van der Waals surface area contributed by atoms with E-state index in [1.54, 1.807) is 12.1 Å². The Hall–Kier alpha value is -1.75. The minimum Gasteiger partial charge on any atom is -0.492 e. The number of carbonyl (C=O) groups is 2. The maximum Gasteiger partial charge on any atom is 0.246 e. The van der Waals surface area contributed by atoms with Crippen molar-refractivity contribution in [3.05, 3.63) is 22.7 Å². The molecule has 1 saturated heterocycles. The smallest absolute Gasteiger partial charge is 0.246 e. The van der Waals surface area contributed by atoms with Gasteiger partial charge in [-0.1, -0.05) is 11.6 Å². The molecule has 108 valence electrons. The fourth-order valence-corrected chi connectivity index (χ4v) is 2.30. The van der Waals surface area contributed by atoms with E-state index in [2.05, 4.69) is 10.6 Å². The van der Waals surface area contributed by atoms with Gasteiger partial charge in [0.1, 0.15) is 11.8 Å². The van der Waals surface area contributed by atoms with E-state index in [0.29, 0.717) is 35.9 Å². The first-order valence-corrected chi connectivity index (χ1v) is 6.92. The van der Waals surface area contributed by atoms with Gasteiger partial charge in [0.15, 0.2) is 0 Å². The molecule has 1 aliphatic heterocycles. The number of rotatable bonds is 4. The number of nitrogens with one attached hydrogen (secondary N) is 2. The molecule has 0 bridgehead atoms. The van der Waals surface area contributed by atoms with Crippen LogP contribution in [-0.2, 0) is 9.59 Å². The van der Waals surface area contributed by atoms with Crippen LogP contribution >= 0.6 is 11.6 Å². The van der Waals surface area contributed by atoms with E-state index in [1.165, 1.54) is 0 Å². The van der Waals surface area contributed by atoms with Crippen molar-refractivity contribution in [1.82, 2.24) is 5.32 Å². The molecule has 1 atom stereocenters. The predicted octanol–water partition coefficient (Wildman–Crippen LogP) is 2.26. The minimum absolute atomic E-state index is 0.0911. The van der Waals surface area contributed by atoms with Gasteiger partial charge in [-0.3, -0.25) is 9.59 Å². The van der Waals surface area contributed by atoms with Crippen molar-refractivity contribution in [1.29, 1.82) is 0 Å². The number of carbonyl (C=O) groups excluding carboxylic acids is 2. The number of ether oxygens (including phenoxy) is 1. The van der Waals surface area contributed by atoms with Crippen molar-refractivity contribution in [2.45, 2.75) is 32.7 Å². The summed E-state index contributed by atoms with van der Waals surface area (Å²) in [6.07, 6.45) is 0.912. The summed E-state index contributed by atoms with van der Waals surface area (Å²) in [6.45, 7) is 4.27. The molecule has 6 heteroatoms. The summed E-state index contributed by atoms with van der Waals surface area (Å²) in [5, 5.41) is 5.87. The van der Waals surface area contributed by atoms with Crippen LogP contribution < -0.4 is 15.4 Å². The number of aryl methyl sites for hydroxylation is 1. The van der Waals surface area contributed by atoms with Gasteiger partial charge in [0.2, 0.25) is 11.8 Å². The van der Waals surface area contributed by atoms with E-state index in [9.17, 15) is 9.59 Å². The zero-order valence-corrected chi connectivity index (χ0v) is 12.2. The van der Waals surface area contributed by atoms with Crippen molar-refractivity contribution < 1.29 is 14.3 Å². The van der Waals surface area contributed by atoms with Crippen LogP contribution in [0.5, 0.6) is 5.75 Å². The lowest BCUT2D eigenvalue weighted by Gasteiger charge is -2.15. The van der Waals surface area contributed by atoms with Crippen LogP contribution in [0.25, 0.3) is 0 Å². The monoisotopic (exact) mass is 296 g/mol. The molecular formula is C14H17ClN2O3. The molecule has 1 unspecified atom stereocenters. The Labute approximate surface area is 122 Å². The maximum atomic E-state index is 12.0.